The second-order valence-electron chi connectivity index (χ2n) is 6.03. The van der Waals surface area contributed by atoms with Crippen molar-refractivity contribution in [3.8, 4) is 0 Å². The highest BCUT2D eigenvalue weighted by Gasteiger charge is 2.25. The summed E-state index contributed by atoms with van der Waals surface area (Å²) in [4.78, 5) is 0. The Balaban J connectivity index is 2.07. The van der Waals surface area contributed by atoms with E-state index < -0.39 is 12.2 Å². The molecule has 0 radical (unpaired) electrons. The molecule has 0 saturated carbocycles. The first-order valence-corrected chi connectivity index (χ1v) is 7.49. The van der Waals surface area contributed by atoms with Crippen LogP contribution in [0.2, 0.25) is 0 Å². The Kier molecular flexibility index (Phi) is 2.25. The highest BCUT2D eigenvalue weighted by Crippen LogP contribution is 2.41. The Morgan fingerprint density at radius 2 is 1.50 bits per heavy atom. The molecule has 1 aliphatic carbocycles. The number of aliphatic hydroxyl groups excluding tert-OH is 2. The van der Waals surface area contributed by atoms with Crippen molar-refractivity contribution >= 4 is 38.4 Å². The zero-order chi connectivity index (χ0) is 14.8. The Morgan fingerprint density at radius 1 is 0.773 bits per heavy atom. The maximum atomic E-state index is 10.5. The molecule has 0 unspecified atom stereocenters. The second kappa shape index (κ2) is 4.07. The first kappa shape index (κ1) is 12.2. The average molecular weight is 286 g/mol. The van der Waals surface area contributed by atoms with Crippen LogP contribution in [-0.4, -0.2) is 16.3 Å². The van der Waals surface area contributed by atoms with Gasteiger partial charge < -0.3 is 10.2 Å². The highest BCUT2D eigenvalue weighted by molar-refractivity contribution is 6.24. The third-order valence-electron chi connectivity index (χ3n) is 4.81. The van der Waals surface area contributed by atoms with Gasteiger partial charge in [-0.3, -0.25) is 0 Å². The van der Waals surface area contributed by atoms with E-state index in [0.29, 0.717) is 0 Å². The maximum Gasteiger partial charge on any atom is 0.110 e. The topological polar surface area (TPSA) is 40.5 Å². The minimum absolute atomic E-state index is 0.834. The molecule has 0 aromatic heterocycles. The van der Waals surface area contributed by atoms with E-state index in [0.717, 1.165) is 16.5 Å². The van der Waals surface area contributed by atoms with Crippen molar-refractivity contribution in [2.75, 3.05) is 0 Å². The quantitative estimate of drug-likeness (QED) is 0.480. The minimum Gasteiger partial charge on any atom is -0.386 e. The fraction of sp³-hybridized carbons (Fsp3) is 0.100. The molecule has 0 heterocycles. The molecule has 2 nitrogen and oxygen atoms in total. The lowest BCUT2D eigenvalue weighted by Crippen LogP contribution is -2.19. The van der Waals surface area contributed by atoms with Crippen LogP contribution in [0.4, 0.5) is 0 Å². The largest absolute Gasteiger partial charge is 0.386 e. The predicted octanol–water partition coefficient (Wildman–Crippen LogP) is 4.01. The van der Waals surface area contributed by atoms with E-state index in [1.54, 1.807) is 6.08 Å². The molecule has 0 amide bonds. The lowest BCUT2D eigenvalue weighted by atomic mass is 9.84. The molecule has 0 spiro atoms. The summed E-state index contributed by atoms with van der Waals surface area (Å²) in [5.74, 6) is 0. The Hall–Kier alpha value is -2.42. The van der Waals surface area contributed by atoms with E-state index in [9.17, 15) is 10.2 Å². The molecule has 0 aliphatic heterocycles. The maximum absolute atomic E-state index is 10.5. The van der Waals surface area contributed by atoms with Crippen LogP contribution in [0.25, 0.3) is 38.4 Å². The zero-order valence-electron chi connectivity index (χ0n) is 11.8. The number of benzene rings is 4. The van der Waals surface area contributed by atoms with Gasteiger partial charge in [0.05, 0.1) is 0 Å². The number of aliphatic hydroxyl groups is 2. The van der Waals surface area contributed by atoms with E-state index >= 15 is 0 Å². The molecule has 2 N–H and O–H groups in total. The van der Waals surface area contributed by atoms with Gasteiger partial charge in [-0.1, -0.05) is 54.6 Å². The van der Waals surface area contributed by atoms with E-state index in [1.165, 1.54) is 26.9 Å². The van der Waals surface area contributed by atoms with Crippen LogP contribution in [-0.2, 0) is 0 Å². The summed E-state index contributed by atoms with van der Waals surface area (Å²) in [5.41, 5.74) is 1.82. The molecule has 5 rings (SSSR count). The Morgan fingerprint density at radius 3 is 2.32 bits per heavy atom. The molecule has 1 aliphatic rings. The summed E-state index contributed by atoms with van der Waals surface area (Å²) in [5, 5.41) is 27.5. The smallest absolute Gasteiger partial charge is 0.110 e. The summed E-state index contributed by atoms with van der Waals surface area (Å²) in [6, 6.07) is 16.9. The number of rotatable bonds is 0. The van der Waals surface area contributed by atoms with Gasteiger partial charge in [0, 0.05) is 0 Å². The van der Waals surface area contributed by atoms with Crippen LogP contribution < -0.4 is 0 Å². The van der Waals surface area contributed by atoms with E-state index in [-0.39, 0.29) is 0 Å². The molecule has 0 bridgehead atoms. The van der Waals surface area contributed by atoms with Gasteiger partial charge in [0.1, 0.15) is 12.2 Å². The van der Waals surface area contributed by atoms with Gasteiger partial charge in [0.15, 0.2) is 0 Å². The van der Waals surface area contributed by atoms with Crippen molar-refractivity contribution in [3.63, 3.8) is 0 Å². The van der Waals surface area contributed by atoms with Gasteiger partial charge in [-0.2, -0.15) is 0 Å². The molecular weight excluding hydrogens is 272 g/mol. The van der Waals surface area contributed by atoms with Crippen molar-refractivity contribution in [2.24, 2.45) is 0 Å². The molecular formula is C20H14O2. The lowest BCUT2D eigenvalue weighted by Gasteiger charge is -2.25. The number of hydrogen-bond donors (Lipinski definition) is 2. The summed E-state index contributed by atoms with van der Waals surface area (Å²) in [6.45, 7) is 0. The van der Waals surface area contributed by atoms with Gasteiger partial charge >= 0.3 is 0 Å². The van der Waals surface area contributed by atoms with Crippen molar-refractivity contribution < 1.29 is 10.2 Å². The first-order chi connectivity index (χ1) is 10.7. The number of hydrogen-bond acceptors (Lipinski definition) is 2. The van der Waals surface area contributed by atoms with Crippen LogP contribution in [0.1, 0.15) is 17.2 Å². The van der Waals surface area contributed by atoms with Crippen LogP contribution in [0.15, 0.2) is 54.6 Å². The Bertz CT molecular complexity index is 1050. The molecule has 4 aromatic carbocycles. The Labute approximate surface area is 127 Å². The highest BCUT2D eigenvalue weighted by atomic mass is 16.3. The van der Waals surface area contributed by atoms with Crippen molar-refractivity contribution in [3.05, 3.63) is 65.7 Å². The summed E-state index contributed by atoms with van der Waals surface area (Å²) in [7, 11) is 0. The fourth-order valence-electron chi connectivity index (χ4n) is 3.80. The fourth-order valence-corrected chi connectivity index (χ4v) is 3.80. The first-order valence-electron chi connectivity index (χ1n) is 7.49. The van der Waals surface area contributed by atoms with Crippen LogP contribution >= 0.6 is 0 Å². The third-order valence-corrected chi connectivity index (χ3v) is 4.81. The van der Waals surface area contributed by atoms with Gasteiger partial charge in [-0.25, -0.2) is 0 Å². The molecule has 2 atom stereocenters. The summed E-state index contributed by atoms with van der Waals surface area (Å²) < 4.78 is 0. The number of fused-ring (bicyclic) bond motifs is 2. The second-order valence-corrected chi connectivity index (χ2v) is 6.03. The van der Waals surface area contributed by atoms with Crippen molar-refractivity contribution in [2.45, 2.75) is 12.2 Å². The minimum atomic E-state index is -0.871. The standard InChI is InChI=1S/C20H14O2/c21-16-9-7-14-10-13-5-4-11-2-1-3-12-6-8-15(18(13)17(11)12)19(14)20(16)22/h1-10,16,20-22H/t16-,20-/m1/s1. The molecule has 0 saturated heterocycles. The predicted molar refractivity (Wildman–Crippen MR) is 90.1 cm³/mol. The van der Waals surface area contributed by atoms with Crippen LogP contribution in [0.3, 0.4) is 0 Å². The van der Waals surface area contributed by atoms with Gasteiger partial charge in [-0.05, 0) is 49.5 Å². The normalized spacial score (nSPS) is 21.0. The van der Waals surface area contributed by atoms with Gasteiger partial charge in [-0.15, -0.1) is 0 Å². The molecule has 0 fully saturated rings. The molecule has 22 heavy (non-hydrogen) atoms. The van der Waals surface area contributed by atoms with Crippen LogP contribution in [0, 0.1) is 0 Å². The van der Waals surface area contributed by atoms with E-state index in [1.807, 2.05) is 6.08 Å². The molecule has 4 aromatic rings. The van der Waals surface area contributed by atoms with Crippen molar-refractivity contribution in [1.82, 2.24) is 0 Å². The van der Waals surface area contributed by atoms with Crippen LogP contribution in [0.5, 0.6) is 0 Å². The van der Waals surface area contributed by atoms with Crippen molar-refractivity contribution in [1.29, 1.82) is 0 Å². The summed E-state index contributed by atoms with van der Waals surface area (Å²) in [6.07, 6.45) is 1.85. The SMILES string of the molecule is O[C@@H]1C=Cc2cc3ccc4cccc5ccc(c2[C@@H]1O)c3c45. The van der Waals surface area contributed by atoms with Gasteiger partial charge in [0.2, 0.25) is 0 Å². The lowest BCUT2D eigenvalue weighted by molar-refractivity contribution is 0.0480. The third kappa shape index (κ3) is 1.41. The van der Waals surface area contributed by atoms with E-state index in [4.69, 9.17) is 0 Å². The van der Waals surface area contributed by atoms with E-state index in [2.05, 4.69) is 48.5 Å². The monoisotopic (exact) mass is 286 g/mol. The van der Waals surface area contributed by atoms with Gasteiger partial charge in [0.25, 0.3) is 0 Å². The zero-order valence-corrected chi connectivity index (χ0v) is 11.8. The molecule has 2 heteroatoms. The average Bonchev–Trinajstić information content (AvgIpc) is 2.55. The summed E-state index contributed by atoms with van der Waals surface area (Å²) >= 11 is 0. The molecule has 106 valence electrons.